The fourth-order valence-electron chi connectivity index (χ4n) is 2.64. The van der Waals surface area contributed by atoms with Gasteiger partial charge in [0, 0.05) is 24.9 Å². The molecule has 0 saturated carbocycles. The van der Waals surface area contributed by atoms with Gasteiger partial charge in [-0.3, -0.25) is 14.4 Å². The van der Waals surface area contributed by atoms with E-state index in [1.807, 2.05) is 30.3 Å². The van der Waals surface area contributed by atoms with E-state index < -0.39 is 29.6 Å². The van der Waals surface area contributed by atoms with Gasteiger partial charge in [-0.15, -0.1) is 0 Å². The molecule has 2 rings (SSSR count). The van der Waals surface area contributed by atoms with Crippen LogP contribution >= 0.6 is 0 Å². The second-order valence-corrected chi connectivity index (χ2v) is 6.17. The van der Waals surface area contributed by atoms with Gasteiger partial charge in [0.05, 0.1) is 5.69 Å². The lowest BCUT2D eigenvalue weighted by Crippen LogP contribution is -2.37. The van der Waals surface area contributed by atoms with Crippen LogP contribution in [0.25, 0.3) is 0 Å². The molecular weight excluding hydrogens is 351 g/mol. The third-order valence-electron chi connectivity index (χ3n) is 3.91. The largest absolute Gasteiger partial charge is 0.481 e. The highest BCUT2D eigenvalue weighted by atomic mass is 19.1. The van der Waals surface area contributed by atoms with Gasteiger partial charge < -0.3 is 15.7 Å². The first-order valence-electron chi connectivity index (χ1n) is 8.49. The highest BCUT2D eigenvalue weighted by molar-refractivity contribution is 5.97. The second kappa shape index (κ2) is 9.47. The van der Waals surface area contributed by atoms with E-state index in [9.17, 15) is 18.8 Å². The maximum atomic E-state index is 13.7. The van der Waals surface area contributed by atoms with Crippen molar-refractivity contribution in [3.8, 4) is 0 Å². The van der Waals surface area contributed by atoms with Crippen molar-refractivity contribution in [2.45, 2.75) is 32.2 Å². The van der Waals surface area contributed by atoms with Crippen molar-refractivity contribution in [1.29, 1.82) is 0 Å². The minimum Gasteiger partial charge on any atom is -0.481 e. The number of carboxylic acid groups (broad SMARTS) is 1. The summed E-state index contributed by atoms with van der Waals surface area (Å²) in [6, 6.07) is 12.7. The molecule has 7 heteroatoms. The molecule has 6 nitrogen and oxygen atoms in total. The number of nitrogens with one attached hydrogen (secondary N) is 2. The maximum absolute atomic E-state index is 13.7. The summed E-state index contributed by atoms with van der Waals surface area (Å²) in [5.41, 5.74) is 1.06. The first kappa shape index (κ1) is 20.1. The van der Waals surface area contributed by atoms with Crippen LogP contribution in [0, 0.1) is 5.82 Å². The lowest BCUT2D eigenvalue weighted by Gasteiger charge is -2.19. The number of carbonyl (C=O) groups excluding carboxylic acids is 2. The lowest BCUT2D eigenvalue weighted by atomic mass is 10.0. The van der Waals surface area contributed by atoms with Crippen molar-refractivity contribution in [2.75, 3.05) is 5.32 Å². The van der Waals surface area contributed by atoms with Crippen LogP contribution in [0.15, 0.2) is 48.5 Å². The molecule has 1 atom stereocenters. The fourth-order valence-corrected chi connectivity index (χ4v) is 2.64. The smallest absolute Gasteiger partial charge is 0.303 e. The van der Waals surface area contributed by atoms with Gasteiger partial charge in [-0.1, -0.05) is 30.3 Å². The Morgan fingerprint density at radius 3 is 2.44 bits per heavy atom. The molecule has 1 unspecified atom stereocenters. The number of hydrogen-bond acceptors (Lipinski definition) is 3. The van der Waals surface area contributed by atoms with Gasteiger partial charge in [0.25, 0.3) is 5.91 Å². The Hall–Kier alpha value is -3.22. The summed E-state index contributed by atoms with van der Waals surface area (Å²) in [6.45, 7) is 1.24. The summed E-state index contributed by atoms with van der Waals surface area (Å²) >= 11 is 0. The third-order valence-corrected chi connectivity index (χ3v) is 3.91. The zero-order valence-corrected chi connectivity index (χ0v) is 14.9. The number of halogens is 1. The topological polar surface area (TPSA) is 95.5 Å². The molecule has 0 saturated heterocycles. The zero-order chi connectivity index (χ0) is 19.8. The number of rotatable bonds is 8. The monoisotopic (exact) mass is 372 g/mol. The van der Waals surface area contributed by atoms with Gasteiger partial charge in [0.15, 0.2) is 0 Å². The molecule has 2 aromatic rings. The van der Waals surface area contributed by atoms with Crippen molar-refractivity contribution < 1.29 is 23.9 Å². The summed E-state index contributed by atoms with van der Waals surface area (Å²) < 4.78 is 13.7. The van der Waals surface area contributed by atoms with Gasteiger partial charge >= 0.3 is 5.97 Å². The summed E-state index contributed by atoms with van der Waals surface area (Å²) in [4.78, 5) is 34.6. The molecule has 2 amide bonds. The molecule has 0 heterocycles. The molecule has 0 aliphatic carbocycles. The van der Waals surface area contributed by atoms with Crippen LogP contribution in [0.5, 0.6) is 0 Å². The Morgan fingerprint density at radius 2 is 1.81 bits per heavy atom. The standard InChI is InChI=1S/C20H21FN2O4/c1-13(24)22-18-12-15(7-9-17(18)21)20(27)23-16(8-10-19(25)26)11-14-5-3-2-4-6-14/h2-7,9,12,16H,8,10-11H2,1H3,(H,22,24)(H,23,27)(H,25,26). The Kier molecular flexibility index (Phi) is 7.05. The highest BCUT2D eigenvalue weighted by Crippen LogP contribution is 2.17. The molecule has 0 radical (unpaired) electrons. The van der Waals surface area contributed by atoms with Gasteiger partial charge in [0.1, 0.15) is 5.82 Å². The van der Waals surface area contributed by atoms with E-state index in [0.717, 1.165) is 11.6 Å². The molecule has 0 spiro atoms. The van der Waals surface area contributed by atoms with E-state index in [1.165, 1.54) is 19.1 Å². The predicted molar refractivity (Wildman–Crippen MR) is 99.0 cm³/mol. The zero-order valence-electron chi connectivity index (χ0n) is 14.9. The van der Waals surface area contributed by atoms with E-state index >= 15 is 0 Å². The quantitative estimate of drug-likeness (QED) is 0.664. The lowest BCUT2D eigenvalue weighted by molar-refractivity contribution is -0.137. The summed E-state index contributed by atoms with van der Waals surface area (Å²) in [7, 11) is 0. The Labute approximate surface area is 156 Å². The number of anilines is 1. The van der Waals surface area contributed by atoms with Gasteiger partial charge in [-0.05, 0) is 36.6 Å². The van der Waals surface area contributed by atoms with Crippen LogP contribution in [0.1, 0.15) is 35.7 Å². The number of benzene rings is 2. The van der Waals surface area contributed by atoms with Crippen molar-refractivity contribution in [3.05, 3.63) is 65.5 Å². The molecule has 3 N–H and O–H groups in total. The number of carboxylic acids is 1. The number of hydrogen-bond donors (Lipinski definition) is 3. The van der Waals surface area contributed by atoms with Gasteiger partial charge in [-0.25, -0.2) is 4.39 Å². The molecule has 0 aliphatic rings. The van der Waals surface area contributed by atoms with Gasteiger partial charge in [-0.2, -0.15) is 0 Å². The molecule has 2 aromatic carbocycles. The second-order valence-electron chi connectivity index (χ2n) is 6.17. The van der Waals surface area contributed by atoms with Crippen LogP contribution in [0.4, 0.5) is 10.1 Å². The SMILES string of the molecule is CC(=O)Nc1cc(C(=O)NC(CCC(=O)O)Cc2ccccc2)ccc1F. The number of aliphatic carboxylic acids is 1. The average Bonchev–Trinajstić information content (AvgIpc) is 2.62. The molecule has 0 bridgehead atoms. The fraction of sp³-hybridized carbons (Fsp3) is 0.250. The summed E-state index contributed by atoms with van der Waals surface area (Å²) in [6.07, 6.45) is 0.646. The molecule has 0 aromatic heterocycles. The highest BCUT2D eigenvalue weighted by Gasteiger charge is 2.17. The van der Waals surface area contributed by atoms with Crippen LogP contribution in [-0.4, -0.2) is 28.9 Å². The molecule has 0 aliphatic heterocycles. The van der Waals surface area contributed by atoms with E-state index in [2.05, 4.69) is 10.6 Å². The van der Waals surface area contributed by atoms with Gasteiger partial charge in [0.2, 0.25) is 5.91 Å². The van der Waals surface area contributed by atoms with Crippen molar-refractivity contribution in [1.82, 2.24) is 5.32 Å². The number of amides is 2. The first-order valence-corrected chi connectivity index (χ1v) is 8.49. The minimum absolute atomic E-state index is 0.0831. The van der Waals surface area contributed by atoms with Crippen LogP contribution in [-0.2, 0) is 16.0 Å². The molecule has 27 heavy (non-hydrogen) atoms. The first-order chi connectivity index (χ1) is 12.8. The van der Waals surface area contributed by atoms with Crippen molar-refractivity contribution >= 4 is 23.5 Å². The van der Waals surface area contributed by atoms with Crippen molar-refractivity contribution in [2.24, 2.45) is 0 Å². The number of carbonyl (C=O) groups is 3. The Morgan fingerprint density at radius 1 is 1.11 bits per heavy atom. The predicted octanol–water partition coefficient (Wildman–Crippen LogP) is 2.99. The van der Waals surface area contributed by atoms with E-state index in [-0.39, 0.29) is 24.1 Å². The maximum Gasteiger partial charge on any atom is 0.303 e. The van der Waals surface area contributed by atoms with E-state index in [0.29, 0.717) is 6.42 Å². The van der Waals surface area contributed by atoms with Crippen LogP contribution in [0.2, 0.25) is 0 Å². The van der Waals surface area contributed by atoms with E-state index in [4.69, 9.17) is 5.11 Å². The Balaban J connectivity index is 2.14. The van der Waals surface area contributed by atoms with Crippen LogP contribution in [0.3, 0.4) is 0 Å². The molecule has 0 fully saturated rings. The van der Waals surface area contributed by atoms with Crippen molar-refractivity contribution in [3.63, 3.8) is 0 Å². The Bertz CT molecular complexity index is 824. The minimum atomic E-state index is -0.947. The molecular formula is C20H21FN2O4. The summed E-state index contributed by atoms with van der Waals surface area (Å²) in [5.74, 6) is -2.51. The van der Waals surface area contributed by atoms with E-state index in [1.54, 1.807) is 0 Å². The van der Waals surface area contributed by atoms with Crippen LogP contribution < -0.4 is 10.6 Å². The molecule has 142 valence electrons. The third kappa shape index (κ3) is 6.54. The average molecular weight is 372 g/mol. The normalized spacial score (nSPS) is 11.5. The summed E-state index contributed by atoms with van der Waals surface area (Å²) in [5, 5.41) is 14.1.